The van der Waals surface area contributed by atoms with E-state index < -0.39 is 5.97 Å². The molecule has 0 bridgehead atoms. The van der Waals surface area contributed by atoms with Gasteiger partial charge >= 0.3 is 5.97 Å². The minimum Gasteiger partial charge on any atom is -0.462 e. The summed E-state index contributed by atoms with van der Waals surface area (Å²) in [5.41, 5.74) is 3.31. The normalized spacial score (nSPS) is 10.7. The van der Waals surface area contributed by atoms with E-state index in [4.69, 9.17) is 4.74 Å². The minimum atomic E-state index is -0.465. The summed E-state index contributed by atoms with van der Waals surface area (Å²) in [6.45, 7) is 6.38. The first kappa shape index (κ1) is 17.9. The first-order valence-electron chi connectivity index (χ1n) is 8.12. The number of carbonyl (C=O) groups is 2. The fourth-order valence-corrected chi connectivity index (χ4v) is 2.99. The largest absolute Gasteiger partial charge is 0.462 e. The second-order valence-electron chi connectivity index (χ2n) is 5.54. The molecule has 0 spiro atoms. The Morgan fingerprint density at radius 3 is 2.46 bits per heavy atom. The number of carbonyl (C=O) groups excluding carboxylic acids is 2. The van der Waals surface area contributed by atoms with Crippen molar-refractivity contribution in [2.75, 3.05) is 6.61 Å². The molecule has 0 aliphatic rings. The Morgan fingerprint density at radius 2 is 1.92 bits per heavy atom. The molecule has 0 aliphatic heterocycles. The number of ether oxygens (including phenoxy) is 1. The van der Waals surface area contributed by atoms with Crippen LogP contribution in [-0.2, 0) is 24.1 Å². The number of aromatic nitrogens is 1. The van der Waals surface area contributed by atoms with Crippen LogP contribution in [0.2, 0.25) is 0 Å². The van der Waals surface area contributed by atoms with Crippen molar-refractivity contribution in [3.63, 3.8) is 0 Å². The monoisotopic (exact) mass is 331 g/mol. The second kappa shape index (κ2) is 7.90. The third-order valence-corrected chi connectivity index (χ3v) is 4.14. The highest BCUT2D eigenvalue weighted by Gasteiger charge is 2.24. The highest BCUT2D eigenvalue weighted by Crippen LogP contribution is 2.24. The van der Waals surface area contributed by atoms with Gasteiger partial charge in [-0.3, -0.25) is 4.79 Å². The Bertz CT molecular complexity index is 732. The summed E-state index contributed by atoms with van der Waals surface area (Å²) in [6.07, 6.45) is 2.05. The van der Waals surface area contributed by atoms with Crippen molar-refractivity contribution in [1.29, 1.82) is 0 Å². The van der Waals surface area contributed by atoms with E-state index in [2.05, 4.69) is 0 Å². The van der Waals surface area contributed by atoms with Gasteiger partial charge in [0.15, 0.2) is 6.29 Å². The molecule has 1 aromatic carbocycles. The number of hydrogen-bond donors (Lipinski definition) is 0. The predicted octanol–water partition coefficient (Wildman–Crippen LogP) is 3.73. The first-order valence-corrected chi connectivity index (χ1v) is 8.12. The number of nitrogens with zero attached hydrogens (tertiary/aromatic N) is 1. The summed E-state index contributed by atoms with van der Waals surface area (Å²) in [7, 11) is 0. The first-order chi connectivity index (χ1) is 11.5. The van der Waals surface area contributed by atoms with Crippen molar-refractivity contribution in [3.05, 3.63) is 58.2 Å². The fourth-order valence-electron chi connectivity index (χ4n) is 2.99. The highest BCUT2D eigenvalue weighted by atomic mass is 19.1. The number of benzene rings is 1. The third-order valence-electron chi connectivity index (χ3n) is 4.14. The maximum absolute atomic E-state index is 13.0. The molecule has 4 nitrogen and oxygen atoms in total. The van der Waals surface area contributed by atoms with Crippen LogP contribution in [0.5, 0.6) is 0 Å². The van der Waals surface area contributed by atoms with Crippen LogP contribution >= 0.6 is 0 Å². The van der Waals surface area contributed by atoms with Crippen LogP contribution < -0.4 is 0 Å². The Hall–Kier alpha value is -2.43. The number of hydrogen-bond acceptors (Lipinski definition) is 3. The molecule has 0 unspecified atom stereocenters. The molecule has 0 aliphatic carbocycles. The minimum absolute atomic E-state index is 0.263. The average molecular weight is 331 g/mol. The van der Waals surface area contributed by atoms with Crippen LogP contribution in [0, 0.1) is 12.7 Å². The zero-order valence-electron chi connectivity index (χ0n) is 14.3. The van der Waals surface area contributed by atoms with Gasteiger partial charge in [-0.2, -0.15) is 0 Å². The van der Waals surface area contributed by atoms with Crippen LogP contribution in [0.1, 0.15) is 51.5 Å². The molecular formula is C19H22FNO3. The number of aryl methyl sites for hydroxylation is 1. The predicted molar refractivity (Wildman–Crippen MR) is 90.0 cm³/mol. The summed E-state index contributed by atoms with van der Waals surface area (Å²) >= 11 is 0. The quantitative estimate of drug-likeness (QED) is 0.574. The molecule has 0 atom stereocenters. The molecule has 0 amide bonds. The van der Waals surface area contributed by atoms with Crippen molar-refractivity contribution in [3.8, 4) is 0 Å². The zero-order chi connectivity index (χ0) is 17.7. The lowest BCUT2D eigenvalue weighted by Gasteiger charge is -2.11. The number of rotatable bonds is 7. The Morgan fingerprint density at radius 1 is 1.25 bits per heavy atom. The van der Waals surface area contributed by atoms with E-state index in [-0.39, 0.29) is 12.4 Å². The molecule has 1 aromatic heterocycles. The fraction of sp³-hybridized carbons (Fsp3) is 0.368. The summed E-state index contributed by atoms with van der Waals surface area (Å²) < 4.78 is 20.1. The summed E-state index contributed by atoms with van der Waals surface area (Å²) in [4.78, 5) is 23.7. The van der Waals surface area contributed by atoms with E-state index in [1.54, 1.807) is 19.1 Å². The van der Waals surface area contributed by atoms with Gasteiger partial charge in [0.2, 0.25) is 0 Å². The lowest BCUT2D eigenvalue weighted by atomic mass is 10.1. The topological polar surface area (TPSA) is 48.3 Å². The lowest BCUT2D eigenvalue weighted by molar-refractivity contribution is 0.0523. The number of esters is 1. The molecule has 0 fully saturated rings. The van der Waals surface area contributed by atoms with Crippen molar-refractivity contribution < 1.29 is 18.7 Å². The van der Waals surface area contributed by atoms with E-state index in [0.717, 1.165) is 23.2 Å². The van der Waals surface area contributed by atoms with Gasteiger partial charge in [0, 0.05) is 17.9 Å². The zero-order valence-corrected chi connectivity index (χ0v) is 14.3. The van der Waals surface area contributed by atoms with Crippen LogP contribution in [0.25, 0.3) is 0 Å². The Labute approximate surface area is 141 Å². The smallest absolute Gasteiger partial charge is 0.340 e. The molecule has 1 heterocycles. The van der Waals surface area contributed by atoms with Crippen LogP contribution in [0.15, 0.2) is 24.3 Å². The number of halogens is 1. The van der Waals surface area contributed by atoms with Crippen LogP contribution in [0.3, 0.4) is 0 Å². The summed E-state index contributed by atoms with van der Waals surface area (Å²) in [5.74, 6) is -0.731. The highest BCUT2D eigenvalue weighted by molar-refractivity contribution is 6.00. The van der Waals surface area contributed by atoms with Crippen molar-refractivity contribution in [1.82, 2.24) is 4.57 Å². The van der Waals surface area contributed by atoms with E-state index >= 15 is 0 Å². The molecule has 2 rings (SSSR count). The van der Waals surface area contributed by atoms with E-state index in [0.29, 0.717) is 30.5 Å². The molecule has 0 saturated heterocycles. The van der Waals surface area contributed by atoms with Gasteiger partial charge < -0.3 is 9.30 Å². The lowest BCUT2D eigenvalue weighted by Crippen LogP contribution is -2.09. The molecule has 5 heteroatoms. The van der Waals surface area contributed by atoms with E-state index in [1.165, 1.54) is 12.1 Å². The van der Waals surface area contributed by atoms with Gasteiger partial charge in [0.25, 0.3) is 0 Å². The maximum Gasteiger partial charge on any atom is 0.340 e. The molecular weight excluding hydrogens is 309 g/mol. The molecule has 24 heavy (non-hydrogen) atoms. The van der Waals surface area contributed by atoms with Gasteiger partial charge in [-0.1, -0.05) is 19.1 Å². The third kappa shape index (κ3) is 3.55. The van der Waals surface area contributed by atoms with Gasteiger partial charge in [0.05, 0.1) is 17.7 Å². The molecule has 0 radical (unpaired) electrons. The van der Waals surface area contributed by atoms with Crippen LogP contribution in [0.4, 0.5) is 4.39 Å². The Balaban J connectivity index is 2.36. The summed E-state index contributed by atoms with van der Waals surface area (Å²) in [6, 6.07) is 6.35. The number of aldehydes is 1. The van der Waals surface area contributed by atoms with Gasteiger partial charge in [0.1, 0.15) is 5.82 Å². The van der Waals surface area contributed by atoms with Gasteiger partial charge in [-0.05, 0) is 44.4 Å². The second-order valence-corrected chi connectivity index (χ2v) is 5.54. The van der Waals surface area contributed by atoms with Crippen molar-refractivity contribution in [2.45, 2.75) is 40.2 Å². The van der Waals surface area contributed by atoms with Gasteiger partial charge in [-0.25, -0.2) is 9.18 Å². The van der Waals surface area contributed by atoms with E-state index in [9.17, 15) is 14.0 Å². The Kier molecular flexibility index (Phi) is 5.90. The standard InChI is InChI=1S/C19H22FNO3/c1-4-17-16(12-22)18(19(23)24-5-2)13(3)21(17)11-10-14-6-8-15(20)9-7-14/h6-9,12H,4-5,10-11H2,1-3H3. The molecule has 2 aromatic rings. The molecule has 0 saturated carbocycles. The molecule has 128 valence electrons. The van der Waals surface area contributed by atoms with E-state index in [1.807, 2.05) is 18.4 Å². The van der Waals surface area contributed by atoms with Crippen LogP contribution in [-0.4, -0.2) is 23.4 Å². The van der Waals surface area contributed by atoms with Crippen molar-refractivity contribution in [2.24, 2.45) is 0 Å². The van der Waals surface area contributed by atoms with Crippen molar-refractivity contribution >= 4 is 12.3 Å². The van der Waals surface area contributed by atoms with Gasteiger partial charge in [-0.15, -0.1) is 0 Å². The SMILES string of the molecule is CCOC(=O)c1c(C=O)c(CC)n(CCc2ccc(F)cc2)c1C. The summed E-state index contributed by atoms with van der Waals surface area (Å²) in [5, 5.41) is 0. The maximum atomic E-state index is 13.0. The molecule has 0 N–H and O–H groups in total. The average Bonchev–Trinajstić information content (AvgIpc) is 2.85.